The summed E-state index contributed by atoms with van der Waals surface area (Å²) in [7, 11) is 0. The monoisotopic (exact) mass is 339 g/mol. The SMILES string of the molecule is C#CCOc1c(F)cc(C(=O)NCC2(O)CCCCC2)cc1Cl. The second-order valence-corrected chi connectivity index (χ2v) is 6.14. The molecule has 1 aromatic rings. The Balaban J connectivity index is 2.03. The van der Waals surface area contributed by atoms with Crippen LogP contribution >= 0.6 is 11.6 Å². The number of ether oxygens (including phenoxy) is 1. The molecule has 1 aliphatic carbocycles. The van der Waals surface area contributed by atoms with Gasteiger partial charge in [0.2, 0.25) is 0 Å². The van der Waals surface area contributed by atoms with Crippen LogP contribution in [0.15, 0.2) is 12.1 Å². The highest BCUT2D eigenvalue weighted by atomic mass is 35.5. The Hall–Kier alpha value is -1.77. The summed E-state index contributed by atoms with van der Waals surface area (Å²) in [5.74, 6) is 0.793. The van der Waals surface area contributed by atoms with E-state index in [1.807, 2.05) is 0 Å². The lowest BCUT2D eigenvalue weighted by Crippen LogP contribution is -2.44. The molecule has 0 radical (unpaired) electrons. The first-order valence-corrected chi connectivity index (χ1v) is 7.89. The van der Waals surface area contributed by atoms with Crippen LogP contribution in [0, 0.1) is 18.2 Å². The van der Waals surface area contributed by atoms with E-state index in [9.17, 15) is 14.3 Å². The van der Waals surface area contributed by atoms with Gasteiger partial charge in [0.25, 0.3) is 5.91 Å². The molecule has 0 saturated heterocycles. The van der Waals surface area contributed by atoms with Gasteiger partial charge in [-0.05, 0) is 25.0 Å². The van der Waals surface area contributed by atoms with Crippen molar-refractivity contribution in [3.8, 4) is 18.1 Å². The minimum absolute atomic E-state index is 0.0261. The molecular weight excluding hydrogens is 321 g/mol. The Morgan fingerprint density at radius 1 is 1.43 bits per heavy atom. The van der Waals surface area contributed by atoms with E-state index in [1.54, 1.807) is 0 Å². The Bertz CT molecular complexity index is 598. The van der Waals surface area contributed by atoms with Crippen molar-refractivity contribution in [1.29, 1.82) is 0 Å². The molecule has 0 heterocycles. The van der Waals surface area contributed by atoms with Crippen molar-refractivity contribution in [3.05, 3.63) is 28.5 Å². The van der Waals surface area contributed by atoms with E-state index in [1.165, 1.54) is 6.07 Å². The molecule has 2 rings (SSSR count). The zero-order valence-corrected chi connectivity index (χ0v) is 13.5. The topological polar surface area (TPSA) is 58.6 Å². The number of terminal acetylenes is 1. The minimum Gasteiger partial charge on any atom is -0.476 e. The third kappa shape index (κ3) is 4.60. The average Bonchev–Trinajstić information content (AvgIpc) is 2.52. The van der Waals surface area contributed by atoms with Gasteiger partial charge in [-0.3, -0.25) is 4.79 Å². The maximum atomic E-state index is 14.0. The Morgan fingerprint density at radius 2 is 2.13 bits per heavy atom. The molecule has 0 aliphatic heterocycles. The normalized spacial score (nSPS) is 16.4. The molecule has 1 aliphatic rings. The van der Waals surface area contributed by atoms with Crippen molar-refractivity contribution in [3.63, 3.8) is 0 Å². The summed E-state index contributed by atoms with van der Waals surface area (Å²) in [6.45, 7) is 0.0234. The van der Waals surface area contributed by atoms with Crippen LogP contribution in [0.2, 0.25) is 5.02 Å². The van der Waals surface area contributed by atoms with Gasteiger partial charge in [-0.2, -0.15) is 0 Å². The first kappa shape index (κ1) is 17.6. The zero-order chi connectivity index (χ0) is 16.9. The molecule has 1 aromatic carbocycles. The van der Waals surface area contributed by atoms with Gasteiger partial charge >= 0.3 is 0 Å². The van der Waals surface area contributed by atoms with Crippen molar-refractivity contribution >= 4 is 17.5 Å². The highest BCUT2D eigenvalue weighted by Gasteiger charge is 2.29. The molecule has 124 valence electrons. The minimum atomic E-state index is -0.883. The second kappa shape index (κ2) is 7.67. The van der Waals surface area contributed by atoms with Gasteiger partial charge in [-0.1, -0.05) is 36.8 Å². The first-order valence-electron chi connectivity index (χ1n) is 7.51. The predicted molar refractivity (Wildman–Crippen MR) is 86.1 cm³/mol. The molecule has 2 N–H and O–H groups in total. The van der Waals surface area contributed by atoms with Crippen LogP contribution in [-0.4, -0.2) is 29.8 Å². The summed E-state index contributed by atoms with van der Waals surface area (Å²) in [6.07, 6.45) is 9.33. The van der Waals surface area contributed by atoms with Crippen molar-refractivity contribution in [2.75, 3.05) is 13.2 Å². The fourth-order valence-electron chi connectivity index (χ4n) is 2.68. The second-order valence-electron chi connectivity index (χ2n) is 5.73. The molecule has 0 atom stereocenters. The summed E-state index contributed by atoms with van der Waals surface area (Å²) >= 11 is 5.93. The zero-order valence-electron chi connectivity index (χ0n) is 12.7. The maximum absolute atomic E-state index is 14.0. The summed E-state index contributed by atoms with van der Waals surface area (Å²) in [5, 5.41) is 13.0. The third-order valence-electron chi connectivity index (χ3n) is 3.92. The molecule has 0 aromatic heterocycles. The van der Waals surface area contributed by atoms with Gasteiger partial charge in [-0.15, -0.1) is 6.42 Å². The van der Waals surface area contributed by atoms with Gasteiger partial charge < -0.3 is 15.2 Å². The van der Waals surface area contributed by atoms with Crippen LogP contribution in [0.5, 0.6) is 5.75 Å². The highest BCUT2D eigenvalue weighted by Crippen LogP contribution is 2.30. The molecule has 1 amide bonds. The summed E-state index contributed by atoms with van der Waals surface area (Å²) in [6, 6.07) is 2.36. The van der Waals surface area contributed by atoms with E-state index in [0.29, 0.717) is 12.8 Å². The number of benzene rings is 1. The van der Waals surface area contributed by atoms with Crippen LogP contribution < -0.4 is 10.1 Å². The summed E-state index contributed by atoms with van der Waals surface area (Å²) in [4.78, 5) is 12.1. The van der Waals surface area contributed by atoms with Gasteiger partial charge in [0.1, 0.15) is 6.61 Å². The van der Waals surface area contributed by atoms with E-state index >= 15 is 0 Å². The predicted octanol–water partition coefficient (Wildman–Crippen LogP) is 2.92. The van der Waals surface area contributed by atoms with Crippen molar-refractivity contribution in [2.45, 2.75) is 37.7 Å². The number of amides is 1. The van der Waals surface area contributed by atoms with Gasteiger partial charge in [-0.25, -0.2) is 4.39 Å². The molecule has 23 heavy (non-hydrogen) atoms. The van der Waals surface area contributed by atoms with Gasteiger partial charge in [0.15, 0.2) is 11.6 Å². The van der Waals surface area contributed by atoms with E-state index < -0.39 is 17.3 Å². The van der Waals surface area contributed by atoms with E-state index in [2.05, 4.69) is 11.2 Å². The first-order chi connectivity index (χ1) is 10.9. The fourth-order valence-corrected chi connectivity index (χ4v) is 2.94. The van der Waals surface area contributed by atoms with E-state index in [0.717, 1.165) is 25.3 Å². The Morgan fingerprint density at radius 3 is 2.74 bits per heavy atom. The number of aliphatic hydroxyl groups is 1. The van der Waals surface area contributed by atoms with Crippen molar-refractivity contribution in [1.82, 2.24) is 5.32 Å². The molecule has 6 heteroatoms. The number of halogens is 2. The lowest BCUT2D eigenvalue weighted by molar-refractivity contribution is 0.00525. The fraction of sp³-hybridized carbons (Fsp3) is 0.471. The van der Waals surface area contributed by atoms with Crippen molar-refractivity contribution in [2.24, 2.45) is 0 Å². The summed E-state index contributed by atoms with van der Waals surface area (Å²) in [5.41, 5.74) is -0.813. The Kier molecular flexibility index (Phi) is 5.86. The number of nitrogens with one attached hydrogen (secondary N) is 1. The largest absolute Gasteiger partial charge is 0.476 e. The van der Waals surface area contributed by atoms with Crippen LogP contribution in [-0.2, 0) is 0 Å². The van der Waals surface area contributed by atoms with Crippen LogP contribution in [0.25, 0.3) is 0 Å². The molecule has 4 nitrogen and oxygen atoms in total. The number of rotatable bonds is 5. The molecule has 0 spiro atoms. The van der Waals surface area contributed by atoms with Gasteiger partial charge in [0, 0.05) is 12.1 Å². The standard InChI is InChI=1S/C17H19ClFNO3/c1-2-8-23-15-13(18)9-12(10-14(15)19)16(21)20-11-17(22)6-4-3-5-7-17/h1,9-10,22H,3-8,11H2,(H,20,21). The Labute approximate surface area is 140 Å². The molecule has 1 fully saturated rings. The number of carbonyl (C=O) groups excluding carboxylic acids is 1. The molecule has 0 bridgehead atoms. The van der Waals surface area contributed by atoms with Crippen LogP contribution in [0.3, 0.4) is 0 Å². The molecular formula is C17H19ClFNO3. The summed E-state index contributed by atoms with van der Waals surface area (Å²) < 4.78 is 19.0. The van der Waals surface area contributed by atoms with E-state index in [4.69, 9.17) is 22.8 Å². The third-order valence-corrected chi connectivity index (χ3v) is 4.20. The van der Waals surface area contributed by atoms with Crippen molar-refractivity contribution < 1.29 is 19.0 Å². The highest BCUT2D eigenvalue weighted by molar-refractivity contribution is 6.32. The average molecular weight is 340 g/mol. The van der Waals surface area contributed by atoms with Crippen LogP contribution in [0.4, 0.5) is 4.39 Å². The quantitative estimate of drug-likeness (QED) is 0.811. The van der Waals surface area contributed by atoms with Crippen LogP contribution in [0.1, 0.15) is 42.5 Å². The number of carbonyl (C=O) groups is 1. The number of hydrogen-bond donors (Lipinski definition) is 2. The molecule has 1 saturated carbocycles. The maximum Gasteiger partial charge on any atom is 0.251 e. The van der Waals surface area contributed by atoms with E-state index in [-0.39, 0.29) is 29.5 Å². The smallest absolute Gasteiger partial charge is 0.251 e. The van der Waals surface area contributed by atoms with Gasteiger partial charge in [0.05, 0.1) is 10.6 Å². The lowest BCUT2D eigenvalue weighted by Gasteiger charge is -2.32. The lowest BCUT2D eigenvalue weighted by atomic mass is 9.85. The number of hydrogen-bond acceptors (Lipinski definition) is 3. The molecule has 0 unspecified atom stereocenters.